The van der Waals surface area contributed by atoms with Crippen LogP contribution >= 0.6 is 0 Å². The van der Waals surface area contributed by atoms with Crippen molar-refractivity contribution in [1.29, 1.82) is 0 Å². The topological polar surface area (TPSA) is 87.6 Å². The zero-order valence-corrected chi connectivity index (χ0v) is 15.3. The maximum Gasteiger partial charge on any atom is 0.291 e. The van der Waals surface area contributed by atoms with Gasteiger partial charge in [0.2, 0.25) is 0 Å². The molecule has 0 bridgehead atoms. The van der Waals surface area contributed by atoms with E-state index in [4.69, 9.17) is 0 Å². The van der Waals surface area contributed by atoms with Gasteiger partial charge >= 0.3 is 0 Å². The SMILES string of the molecule is CC(C)(C)c1ccc2nc(C(=O)Nc3cnn(C4CCNC4)c3)[nH]c2c1. The number of carbonyl (C=O) groups is 1. The molecular formula is C19H24N6O. The van der Waals surface area contributed by atoms with Crippen molar-refractivity contribution in [3.63, 3.8) is 0 Å². The van der Waals surface area contributed by atoms with Crippen molar-refractivity contribution in [3.05, 3.63) is 42.0 Å². The van der Waals surface area contributed by atoms with Gasteiger partial charge in [0.15, 0.2) is 5.82 Å². The molecule has 2 aromatic heterocycles. The average Bonchev–Trinajstić information content (AvgIpc) is 3.32. The number of H-pyrrole nitrogens is 1. The van der Waals surface area contributed by atoms with Crippen LogP contribution in [0.4, 0.5) is 5.69 Å². The molecule has 1 aliphatic rings. The molecule has 0 saturated carbocycles. The van der Waals surface area contributed by atoms with Crippen LogP contribution < -0.4 is 10.6 Å². The smallest absolute Gasteiger partial charge is 0.291 e. The Balaban J connectivity index is 1.52. The highest BCUT2D eigenvalue weighted by molar-refractivity contribution is 6.03. The van der Waals surface area contributed by atoms with Crippen LogP contribution in [0, 0.1) is 0 Å². The second kappa shape index (κ2) is 6.25. The molecule has 1 saturated heterocycles. The number of fused-ring (bicyclic) bond motifs is 1. The molecule has 7 nitrogen and oxygen atoms in total. The molecule has 3 N–H and O–H groups in total. The maximum atomic E-state index is 12.5. The molecule has 7 heteroatoms. The van der Waals surface area contributed by atoms with Crippen molar-refractivity contribution >= 4 is 22.6 Å². The average molecular weight is 352 g/mol. The van der Waals surface area contributed by atoms with Crippen LogP contribution in [0.25, 0.3) is 11.0 Å². The number of aromatic amines is 1. The largest absolute Gasteiger partial charge is 0.334 e. The van der Waals surface area contributed by atoms with Crippen LogP contribution in [0.2, 0.25) is 0 Å². The number of aromatic nitrogens is 4. The Hall–Kier alpha value is -2.67. The highest BCUT2D eigenvalue weighted by Crippen LogP contribution is 2.25. The Morgan fingerprint density at radius 1 is 1.35 bits per heavy atom. The summed E-state index contributed by atoms with van der Waals surface area (Å²) in [7, 11) is 0. The number of rotatable bonds is 3. The Kier molecular flexibility index (Phi) is 4.03. The lowest BCUT2D eigenvalue weighted by Gasteiger charge is -2.18. The van der Waals surface area contributed by atoms with Gasteiger partial charge in [0.1, 0.15) is 0 Å². The number of imidazole rings is 1. The third-order valence-corrected chi connectivity index (χ3v) is 4.83. The van der Waals surface area contributed by atoms with E-state index < -0.39 is 0 Å². The molecule has 1 unspecified atom stereocenters. The van der Waals surface area contributed by atoms with Crippen molar-refractivity contribution in [2.75, 3.05) is 18.4 Å². The van der Waals surface area contributed by atoms with Crippen molar-refractivity contribution in [3.8, 4) is 0 Å². The summed E-state index contributed by atoms with van der Waals surface area (Å²) in [6, 6.07) is 6.42. The molecule has 1 fully saturated rings. The van der Waals surface area contributed by atoms with Gasteiger partial charge in [-0.05, 0) is 36.1 Å². The van der Waals surface area contributed by atoms with Crippen molar-refractivity contribution in [1.82, 2.24) is 25.1 Å². The summed E-state index contributed by atoms with van der Waals surface area (Å²) >= 11 is 0. The first-order valence-corrected chi connectivity index (χ1v) is 8.96. The summed E-state index contributed by atoms with van der Waals surface area (Å²) in [6.45, 7) is 8.40. The Labute approximate surface area is 152 Å². The Bertz CT molecular complexity index is 942. The number of amides is 1. The van der Waals surface area contributed by atoms with Gasteiger partial charge in [-0.3, -0.25) is 9.48 Å². The van der Waals surface area contributed by atoms with E-state index in [-0.39, 0.29) is 11.3 Å². The summed E-state index contributed by atoms with van der Waals surface area (Å²) < 4.78 is 1.91. The molecule has 1 amide bonds. The molecule has 136 valence electrons. The van der Waals surface area contributed by atoms with E-state index in [9.17, 15) is 4.79 Å². The summed E-state index contributed by atoms with van der Waals surface area (Å²) in [5, 5.41) is 10.5. The lowest BCUT2D eigenvalue weighted by atomic mass is 9.87. The number of hydrogen-bond acceptors (Lipinski definition) is 4. The van der Waals surface area contributed by atoms with Gasteiger partial charge in [-0.1, -0.05) is 26.8 Å². The highest BCUT2D eigenvalue weighted by atomic mass is 16.2. The molecule has 3 aromatic rings. The quantitative estimate of drug-likeness (QED) is 0.676. The molecule has 1 aromatic carbocycles. The lowest BCUT2D eigenvalue weighted by Crippen LogP contribution is -2.14. The van der Waals surface area contributed by atoms with Crippen LogP contribution in [0.15, 0.2) is 30.6 Å². The Morgan fingerprint density at radius 3 is 2.92 bits per heavy atom. The van der Waals surface area contributed by atoms with Crippen LogP contribution in [0.5, 0.6) is 0 Å². The lowest BCUT2D eigenvalue weighted by molar-refractivity contribution is 0.101. The minimum absolute atomic E-state index is 0.0470. The van der Waals surface area contributed by atoms with Gasteiger partial charge in [-0.15, -0.1) is 0 Å². The van der Waals surface area contributed by atoms with Crippen LogP contribution in [0.1, 0.15) is 49.4 Å². The highest BCUT2D eigenvalue weighted by Gasteiger charge is 2.19. The van der Waals surface area contributed by atoms with Crippen LogP contribution in [-0.2, 0) is 5.41 Å². The van der Waals surface area contributed by atoms with E-state index in [2.05, 4.69) is 58.6 Å². The van der Waals surface area contributed by atoms with Crippen molar-refractivity contribution in [2.45, 2.75) is 38.6 Å². The molecule has 0 radical (unpaired) electrons. The number of nitrogens with one attached hydrogen (secondary N) is 3. The van der Waals surface area contributed by atoms with Crippen LogP contribution in [0.3, 0.4) is 0 Å². The third kappa shape index (κ3) is 3.22. The number of benzene rings is 1. The molecular weight excluding hydrogens is 328 g/mol. The van der Waals surface area contributed by atoms with E-state index in [0.29, 0.717) is 17.6 Å². The molecule has 1 atom stereocenters. The standard InChI is InChI=1S/C19H24N6O/c1-19(2,3)12-4-5-15-16(8-12)24-17(23-15)18(26)22-13-9-21-25(11-13)14-6-7-20-10-14/h4-5,8-9,11,14,20H,6-7,10H2,1-3H3,(H,22,26)(H,23,24). The third-order valence-electron chi connectivity index (χ3n) is 4.83. The molecule has 3 heterocycles. The monoisotopic (exact) mass is 352 g/mol. The molecule has 0 spiro atoms. The number of anilines is 1. The second-order valence-electron chi connectivity index (χ2n) is 7.88. The predicted octanol–water partition coefficient (Wildman–Crippen LogP) is 2.84. The zero-order chi connectivity index (χ0) is 18.3. The summed E-state index contributed by atoms with van der Waals surface area (Å²) in [4.78, 5) is 20.1. The fourth-order valence-corrected chi connectivity index (χ4v) is 3.24. The first-order valence-electron chi connectivity index (χ1n) is 8.96. The molecule has 4 rings (SSSR count). The molecule has 1 aliphatic heterocycles. The number of hydrogen-bond donors (Lipinski definition) is 3. The zero-order valence-electron chi connectivity index (χ0n) is 15.3. The fraction of sp³-hybridized carbons (Fsp3) is 0.421. The number of carbonyl (C=O) groups excluding carboxylic acids is 1. The van der Waals surface area contributed by atoms with Gasteiger partial charge in [0.05, 0.1) is 29.0 Å². The molecule has 0 aliphatic carbocycles. The molecule has 26 heavy (non-hydrogen) atoms. The summed E-state index contributed by atoms with van der Waals surface area (Å²) in [5.74, 6) is 0.0453. The van der Waals surface area contributed by atoms with Gasteiger partial charge in [-0.2, -0.15) is 5.10 Å². The minimum Gasteiger partial charge on any atom is -0.334 e. The Morgan fingerprint density at radius 2 is 2.19 bits per heavy atom. The van der Waals surface area contributed by atoms with E-state index in [1.165, 1.54) is 5.56 Å². The van der Waals surface area contributed by atoms with Crippen LogP contribution in [-0.4, -0.2) is 38.7 Å². The van der Waals surface area contributed by atoms with Gasteiger partial charge in [0, 0.05) is 12.7 Å². The van der Waals surface area contributed by atoms with Crippen molar-refractivity contribution < 1.29 is 4.79 Å². The number of nitrogens with zero attached hydrogens (tertiary/aromatic N) is 3. The van der Waals surface area contributed by atoms with E-state index >= 15 is 0 Å². The summed E-state index contributed by atoms with van der Waals surface area (Å²) in [5.41, 5.74) is 3.58. The predicted molar refractivity (Wildman–Crippen MR) is 101 cm³/mol. The fourth-order valence-electron chi connectivity index (χ4n) is 3.24. The first-order chi connectivity index (χ1) is 12.4. The van der Waals surface area contributed by atoms with Gasteiger partial charge in [-0.25, -0.2) is 4.98 Å². The van der Waals surface area contributed by atoms with E-state index in [1.54, 1.807) is 6.20 Å². The van der Waals surface area contributed by atoms with Gasteiger partial charge in [0.25, 0.3) is 5.91 Å². The maximum absolute atomic E-state index is 12.5. The first kappa shape index (κ1) is 16.8. The normalized spacial score (nSPS) is 17.7. The second-order valence-corrected chi connectivity index (χ2v) is 7.88. The van der Waals surface area contributed by atoms with E-state index in [1.807, 2.05) is 16.9 Å². The summed E-state index contributed by atoms with van der Waals surface area (Å²) in [6.07, 6.45) is 4.60. The van der Waals surface area contributed by atoms with Crippen molar-refractivity contribution in [2.24, 2.45) is 0 Å². The van der Waals surface area contributed by atoms with E-state index in [0.717, 1.165) is 30.5 Å². The minimum atomic E-state index is -0.261. The van der Waals surface area contributed by atoms with Gasteiger partial charge < -0.3 is 15.6 Å².